The first-order valence-electron chi connectivity index (χ1n) is 6.23. The normalized spacial score (nSPS) is 13.1. The molecule has 0 bridgehead atoms. The Morgan fingerprint density at radius 1 is 1.40 bits per heavy atom. The lowest BCUT2D eigenvalue weighted by atomic mass is 10.1. The maximum Gasteiger partial charge on any atom is 0.240 e. The monoisotopic (exact) mass is 316 g/mol. The van der Waals surface area contributed by atoms with Crippen LogP contribution in [0.2, 0.25) is 0 Å². The average Bonchev–Trinajstić information content (AvgIpc) is 2.35. The zero-order chi connectivity index (χ0) is 15.2. The smallest absolute Gasteiger partial charge is 0.240 e. The van der Waals surface area contributed by atoms with Gasteiger partial charge in [-0.25, -0.2) is 13.1 Å². The van der Waals surface area contributed by atoms with Crippen LogP contribution in [0, 0.1) is 0 Å². The van der Waals surface area contributed by atoms with Crippen LogP contribution in [0.15, 0.2) is 29.2 Å². The van der Waals surface area contributed by atoms with Crippen molar-refractivity contribution in [2.75, 3.05) is 13.7 Å². The molecule has 0 fully saturated rings. The third-order valence-corrected chi connectivity index (χ3v) is 4.47. The summed E-state index contributed by atoms with van der Waals surface area (Å²) in [6.45, 7) is 2.31. The largest absolute Gasteiger partial charge is 0.393 e. The molecule has 0 radical (unpaired) electrons. The van der Waals surface area contributed by atoms with Gasteiger partial charge in [0.1, 0.15) is 0 Å². The van der Waals surface area contributed by atoms with E-state index in [4.69, 9.17) is 22.7 Å². The van der Waals surface area contributed by atoms with Crippen molar-refractivity contribution in [3.05, 3.63) is 29.8 Å². The van der Waals surface area contributed by atoms with E-state index in [0.717, 1.165) is 5.56 Å². The molecule has 0 heterocycles. The molecule has 0 aliphatic heterocycles. The summed E-state index contributed by atoms with van der Waals surface area (Å²) in [5, 5.41) is 0. The average molecular weight is 316 g/mol. The van der Waals surface area contributed by atoms with E-state index < -0.39 is 10.0 Å². The molecular weight excluding hydrogens is 296 g/mol. The second-order valence-electron chi connectivity index (χ2n) is 4.59. The van der Waals surface area contributed by atoms with Crippen LogP contribution in [-0.4, -0.2) is 33.2 Å². The molecule has 1 aromatic rings. The Morgan fingerprint density at radius 3 is 2.50 bits per heavy atom. The zero-order valence-corrected chi connectivity index (χ0v) is 13.3. The number of sulfonamides is 1. The van der Waals surface area contributed by atoms with Gasteiger partial charge in [0.2, 0.25) is 10.0 Å². The lowest BCUT2D eigenvalue weighted by Gasteiger charge is -2.14. The van der Waals surface area contributed by atoms with Crippen LogP contribution in [-0.2, 0) is 21.2 Å². The number of hydrogen-bond acceptors (Lipinski definition) is 4. The van der Waals surface area contributed by atoms with Crippen LogP contribution < -0.4 is 10.5 Å². The summed E-state index contributed by atoms with van der Waals surface area (Å²) in [7, 11) is -1.92. The summed E-state index contributed by atoms with van der Waals surface area (Å²) >= 11 is 4.82. The number of rotatable bonds is 8. The van der Waals surface area contributed by atoms with Crippen LogP contribution in [0.1, 0.15) is 18.9 Å². The van der Waals surface area contributed by atoms with Gasteiger partial charge < -0.3 is 10.5 Å². The van der Waals surface area contributed by atoms with Gasteiger partial charge >= 0.3 is 0 Å². The van der Waals surface area contributed by atoms with Crippen molar-refractivity contribution < 1.29 is 13.2 Å². The van der Waals surface area contributed by atoms with E-state index >= 15 is 0 Å². The molecule has 1 unspecified atom stereocenters. The molecule has 1 aromatic carbocycles. The highest BCUT2D eigenvalue weighted by Crippen LogP contribution is 2.12. The van der Waals surface area contributed by atoms with Gasteiger partial charge in [-0.15, -0.1) is 0 Å². The summed E-state index contributed by atoms with van der Waals surface area (Å²) in [4.78, 5) is 0.611. The summed E-state index contributed by atoms with van der Waals surface area (Å²) in [6.07, 6.45) is 1.09. The van der Waals surface area contributed by atoms with E-state index in [9.17, 15) is 8.42 Å². The van der Waals surface area contributed by atoms with E-state index in [-0.39, 0.29) is 10.9 Å². The Hall–Kier alpha value is -1.02. The molecule has 0 aromatic heterocycles. The van der Waals surface area contributed by atoms with Gasteiger partial charge in [0, 0.05) is 26.2 Å². The summed E-state index contributed by atoms with van der Waals surface area (Å²) < 4.78 is 31.8. The number of hydrogen-bond donors (Lipinski definition) is 2. The number of methoxy groups -OCH3 is 1. The minimum atomic E-state index is -3.50. The standard InChI is InChI=1S/C13H20N2O3S2/c1-10(7-8-18-2)15-20(16,17)12-5-3-11(4-6-12)9-13(14)19/h3-6,10,15H,7-9H2,1-2H3,(H2,14,19). The maximum atomic E-state index is 12.1. The number of nitrogens with one attached hydrogen (secondary N) is 1. The highest BCUT2D eigenvalue weighted by molar-refractivity contribution is 7.89. The molecule has 20 heavy (non-hydrogen) atoms. The molecule has 1 rings (SSSR count). The molecule has 3 N–H and O–H groups in total. The first-order chi connectivity index (χ1) is 9.35. The zero-order valence-electron chi connectivity index (χ0n) is 11.6. The van der Waals surface area contributed by atoms with E-state index in [1.54, 1.807) is 38.3 Å². The Morgan fingerprint density at radius 2 is 2.00 bits per heavy atom. The van der Waals surface area contributed by atoms with Crippen molar-refractivity contribution in [2.24, 2.45) is 5.73 Å². The predicted molar refractivity (Wildman–Crippen MR) is 83.2 cm³/mol. The molecule has 0 spiro atoms. The van der Waals surface area contributed by atoms with Crippen molar-refractivity contribution in [3.8, 4) is 0 Å². The van der Waals surface area contributed by atoms with Crippen LogP contribution >= 0.6 is 12.2 Å². The minimum absolute atomic E-state index is 0.184. The van der Waals surface area contributed by atoms with Gasteiger partial charge in [-0.05, 0) is 31.0 Å². The Balaban J connectivity index is 2.74. The Bertz CT molecular complexity index is 541. The molecule has 0 saturated heterocycles. The molecule has 0 amide bonds. The van der Waals surface area contributed by atoms with E-state index in [1.165, 1.54) is 0 Å². The van der Waals surface area contributed by atoms with Gasteiger partial charge in [-0.1, -0.05) is 24.4 Å². The molecule has 5 nitrogen and oxygen atoms in total. The molecule has 1 atom stereocenters. The second kappa shape index (κ2) is 7.68. The fourth-order valence-corrected chi connectivity index (χ4v) is 3.12. The first-order valence-corrected chi connectivity index (χ1v) is 8.13. The fraction of sp³-hybridized carbons (Fsp3) is 0.462. The Kier molecular flexibility index (Phi) is 6.54. The SMILES string of the molecule is COCCC(C)NS(=O)(=O)c1ccc(CC(N)=S)cc1. The van der Waals surface area contributed by atoms with E-state index in [2.05, 4.69) is 4.72 Å². The van der Waals surface area contributed by atoms with Gasteiger partial charge in [0.05, 0.1) is 9.88 Å². The lowest BCUT2D eigenvalue weighted by Crippen LogP contribution is -2.33. The number of benzene rings is 1. The fourth-order valence-electron chi connectivity index (χ4n) is 1.67. The minimum Gasteiger partial charge on any atom is -0.393 e. The molecular formula is C13H20N2O3S2. The van der Waals surface area contributed by atoms with Crippen molar-refractivity contribution in [1.29, 1.82) is 0 Å². The number of ether oxygens (including phenoxy) is 1. The highest BCUT2D eigenvalue weighted by Gasteiger charge is 2.17. The quantitative estimate of drug-likeness (QED) is 0.705. The molecule has 7 heteroatoms. The van der Waals surface area contributed by atoms with Crippen molar-refractivity contribution in [3.63, 3.8) is 0 Å². The molecule has 0 aliphatic carbocycles. The number of nitrogens with two attached hydrogens (primary N) is 1. The maximum absolute atomic E-state index is 12.1. The van der Waals surface area contributed by atoms with Crippen molar-refractivity contribution >= 4 is 27.2 Å². The molecule has 0 aliphatic rings. The highest BCUT2D eigenvalue weighted by atomic mass is 32.2. The number of thiocarbonyl (C=S) groups is 1. The van der Waals surface area contributed by atoms with Crippen molar-refractivity contribution in [1.82, 2.24) is 4.72 Å². The lowest BCUT2D eigenvalue weighted by molar-refractivity contribution is 0.188. The molecule has 0 saturated carbocycles. The summed E-state index contributed by atoms with van der Waals surface area (Å²) in [5.41, 5.74) is 6.34. The van der Waals surface area contributed by atoms with Gasteiger partial charge in [0.15, 0.2) is 0 Å². The molecule has 112 valence electrons. The second-order valence-corrected chi connectivity index (χ2v) is 6.83. The van der Waals surface area contributed by atoms with Crippen LogP contribution in [0.4, 0.5) is 0 Å². The predicted octanol–water partition coefficient (Wildman–Crippen LogP) is 1.22. The van der Waals surface area contributed by atoms with Gasteiger partial charge in [-0.2, -0.15) is 0 Å². The van der Waals surface area contributed by atoms with Crippen LogP contribution in [0.5, 0.6) is 0 Å². The summed E-state index contributed by atoms with van der Waals surface area (Å²) in [5.74, 6) is 0. The van der Waals surface area contributed by atoms with Crippen LogP contribution in [0.3, 0.4) is 0 Å². The topological polar surface area (TPSA) is 81.4 Å². The van der Waals surface area contributed by atoms with Gasteiger partial charge in [-0.3, -0.25) is 0 Å². The third kappa shape index (κ3) is 5.54. The van der Waals surface area contributed by atoms with Crippen LogP contribution in [0.25, 0.3) is 0 Å². The van der Waals surface area contributed by atoms with E-state index in [1.807, 2.05) is 0 Å². The van der Waals surface area contributed by atoms with Crippen molar-refractivity contribution in [2.45, 2.75) is 30.7 Å². The third-order valence-electron chi connectivity index (χ3n) is 2.72. The van der Waals surface area contributed by atoms with Gasteiger partial charge in [0.25, 0.3) is 0 Å². The summed E-state index contributed by atoms with van der Waals surface area (Å²) in [6, 6.07) is 6.36. The first kappa shape index (κ1) is 17.0. The van der Waals surface area contributed by atoms with E-state index in [0.29, 0.717) is 24.4 Å². The Labute approximate surface area is 125 Å².